The molecule has 2 N–H and O–H groups in total. The SMILES string of the molecule is [CH2]C=CCP(=O)(O)O. The molecule has 0 aliphatic carbocycles. The molecule has 0 aliphatic heterocycles. The fraction of sp³-hybridized carbons (Fsp3) is 0.250. The summed E-state index contributed by atoms with van der Waals surface area (Å²) in [7, 11) is -3.81. The zero-order valence-corrected chi connectivity index (χ0v) is 5.21. The van der Waals surface area contributed by atoms with Crippen LogP contribution in [-0.4, -0.2) is 15.9 Å². The Kier molecular flexibility index (Phi) is 2.98. The van der Waals surface area contributed by atoms with E-state index in [4.69, 9.17) is 9.79 Å². The van der Waals surface area contributed by atoms with Crippen LogP contribution >= 0.6 is 7.60 Å². The normalized spacial score (nSPS) is 12.9. The summed E-state index contributed by atoms with van der Waals surface area (Å²) in [6.45, 7) is 3.26. The Hall–Kier alpha value is -0.110. The van der Waals surface area contributed by atoms with E-state index in [0.29, 0.717) is 0 Å². The molecule has 0 bridgehead atoms. The molecule has 0 amide bonds. The van der Waals surface area contributed by atoms with Gasteiger partial charge in [0.25, 0.3) is 0 Å². The average molecular weight is 135 g/mol. The summed E-state index contributed by atoms with van der Waals surface area (Å²) in [4.78, 5) is 16.4. The number of rotatable bonds is 2. The van der Waals surface area contributed by atoms with Crippen LogP contribution in [0.4, 0.5) is 0 Å². The van der Waals surface area contributed by atoms with Crippen molar-refractivity contribution in [1.29, 1.82) is 0 Å². The lowest BCUT2D eigenvalue weighted by Gasteiger charge is -1.94. The maximum Gasteiger partial charge on any atom is 0.329 e. The van der Waals surface area contributed by atoms with Crippen LogP contribution in [0.25, 0.3) is 0 Å². The van der Waals surface area contributed by atoms with Gasteiger partial charge in [-0.2, -0.15) is 0 Å². The van der Waals surface area contributed by atoms with E-state index >= 15 is 0 Å². The molecule has 4 heteroatoms. The molecule has 47 valence electrons. The largest absolute Gasteiger partial charge is 0.329 e. The van der Waals surface area contributed by atoms with Gasteiger partial charge in [0.1, 0.15) is 0 Å². The van der Waals surface area contributed by atoms with Gasteiger partial charge in [-0.05, 0) is 6.92 Å². The van der Waals surface area contributed by atoms with Crippen molar-refractivity contribution in [3.05, 3.63) is 19.1 Å². The second kappa shape index (κ2) is 3.02. The Balaban J connectivity index is 3.57. The van der Waals surface area contributed by atoms with E-state index in [-0.39, 0.29) is 6.16 Å². The molecule has 0 fully saturated rings. The van der Waals surface area contributed by atoms with Crippen molar-refractivity contribution in [1.82, 2.24) is 0 Å². The minimum Gasteiger partial charge on any atom is -0.324 e. The number of allylic oxidation sites excluding steroid dienone is 2. The van der Waals surface area contributed by atoms with Crippen molar-refractivity contribution >= 4 is 7.60 Å². The molecule has 3 nitrogen and oxygen atoms in total. The smallest absolute Gasteiger partial charge is 0.324 e. The Morgan fingerprint density at radius 3 is 2.25 bits per heavy atom. The maximum atomic E-state index is 10.0. The zero-order chi connectivity index (χ0) is 6.62. The molecule has 0 atom stereocenters. The van der Waals surface area contributed by atoms with Crippen molar-refractivity contribution in [2.24, 2.45) is 0 Å². The van der Waals surface area contributed by atoms with E-state index in [1.54, 1.807) is 0 Å². The van der Waals surface area contributed by atoms with Crippen LogP contribution in [0.3, 0.4) is 0 Å². The van der Waals surface area contributed by atoms with Gasteiger partial charge >= 0.3 is 7.60 Å². The van der Waals surface area contributed by atoms with Gasteiger partial charge in [-0.3, -0.25) is 4.57 Å². The minimum atomic E-state index is -3.81. The van der Waals surface area contributed by atoms with Gasteiger partial charge in [0.15, 0.2) is 0 Å². The van der Waals surface area contributed by atoms with Crippen LogP contribution in [0.15, 0.2) is 12.2 Å². The molecule has 0 aromatic heterocycles. The quantitative estimate of drug-likeness (QED) is 0.543. The Bertz CT molecular complexity index is 123. The predicted molar refractivity (Wildman–Crippen MR) is 31.4 cm³/mol. The lowest BCUT2D eigenvalue weighted by Crippen LogP contribution is -1.80. The first-order chi connectivity index (χ1) is 3.56. The number of hydrogen-bond donors (Lipinski definition) is 2. The monoisotopic (exact) mass is 135 g/mol. The van der Waals surface area contributed by atoms with E-state index in [1.807, 2.05) is 0 Å². The van der Waals surface area contributed by atoms with Crippen LogP contribution in [-0.2, 0) is 4.57 Å². The highest BCUT2D eigenvalue weighted by molar-refractivity contribution is 7.51. The Morgan fingerprint density at radius 1 is 1.62 bits per heavy atom. The van der Waals surface area contributed by atoms with E-state index < -0.39 is 7.60 Å². The summed E-state index contributed by atoms with van der Waals surface area (Å²) in [5, 5.41) is 0. The van der Waals surface area contributed by atoms with E-state index in [1.165, 1.54) is 12.2 Å². The van der Waals surface area contributed by atoms with Crippen LogP contribution in [0.2, 0.25) is 0 Å². The van der Waals surface area contributed by atoms with Crippen molar-refractivity contribution in [2.75, 3.05) is 6.16 Å². The van der Waals surface area contributed by atoms with E-state index in [0.717, 1.165) is 0 Å². The van der Waals surface area contributed by atoms with Gasteiger partial charge in [-0.1, -0.05) is 12.2 Å². The topological polar surface area (TPSA) is 57.5 Å². The summed E-state index contributed by atoms with van der Waals surface area (Å²) in [6, 6.07) is 0. The fourth-order valence-electron chi connectivity index (χ4n) is 0.212. The molecule has 0 aromatic carbocycles. The van der Waals surface area contributed by atoms with Crippen LogP contribution in [0.1, 0.15) is 0 Å². The Morgan fingerprint density at radius 2 is 2.12 bits per heavy atom. The van der Waals surface area contributed by atoms with Crippen LogP contribution in [0.5, 0.6) is 0 Å². The third-order valence-corrected chi connectivity index (χ3v) is 1.20. The molecule has 0 saturated carbocycles. The number of hydrogen-bond acceptors (Lipinski definition) is 1. The fourth-order valence-corrected chi connectivity index (χ4v) is 0.636. The second-order valence-electron chi connectivity index (χ2n) is 1.32. The van der Waals surface area contributed by atoms with Gasteiger partial charge in [0, 0.05) is 0 Å². The van der Waals surface area contributed by atoms with Gasteiger partial charge < -0.3 is 9.79 Å². The highest BCUT2D eigenvalue weighted by Crippen LogP contribution is 2.33. The molecule has 0 aromatic rings. The molecule has 0 aliphatic rings. The first-order valence-electron chi connectivity index (χ1n) is 2.05. The third kappa shape index (κ3) is 5.89. The standard InChI is InChI=1S/C4H8O3P/c1-2-3-4-8(5,6)7/h2-3H,1,4H2,(H2,5,6,7). The van der Waals surface area contributed by atoms with Crippen molar-refractivity contribution in [3.8, 4) is 0 Å². The summed E-state index contributed by atoms with van der Waals surface area (Å²) in [6.07, 6.45) is 2.48. The molecule has 0 rings (SSSR count). The van der Waals surface area contributed by atoms with Crippen LogP contribution < -0.4 is 0 Å². The minimum absolute atomic E-state index is 0.212. The molecular weight excluding hydrogens is 127 g/mol. The van der Waals surface area contributed by atoms with Crippen molar-refractivity contribution in [2.45, 2.75) is 0 Å². The molecular formula is C4H8O3P. The molecule has 0 heterocycles. The predicted octanol–water partition coefficient (Wildman–Crippen LogP) is 0.554. The summed E-state index contributed by atoms with van der Waals surface area (Å²) >= 11 is 0. The highest BCUT2D eigenvalue weighted by atomic mass is 31.2. The van der Waals surface area contributed by atoms with Crippen LogP contribution in [0, 0.1) is 6.92 Å². The molecule has 0 saturated heterocycles. The third-order valence-electron chi connectivity index (χ3n) is 0.510. The lowest BCUT2D eigenvalue weighted by atomic mass is 10.6. The summed E-state index contributed by atoms with van der Waals surface area (Å²) < 4.78 is 10.0. The highest BCUT2D eigenvalue weighted by Gasteiger charge is 2.07. The first kappa shape index (κ1) is 7.89. The zero-order valence-electron chi connectivity index (χ0n) is 4.32. The second-order valence-corrected chi connectivity index (χ2v) is 3.01. The van der Waals surface area contributed by atoms with Gasteiger partial charge in [-0.25, -0.2) is 0 Å². The first-order valence-corrected chi connectivity index (χ1v) is 3.85. The summed E-state index contributed by atoms with van der Waals surface area (Å²) in [5.74, 6) is 0. The van der Waals surface area contributed by atoms with Gasteiger partial charge in [0.2, 0.25) is 0 Å². The van der Waals surface area contributed by atoms with E-state index in [2.05, 4.69) is 6.92 Å². The molecule has 0 spiro atoms. The molecule has 1 radical (unpaired) electrons. The van der Waals surface area contributed by atoms with Crippen molar-refractivity contribution in [3.63, 3.8) is 0 Å². The van der Waals surface area contributed by atoms with Gasteiger partial charge in [-0.15, -0.1) is 0 Å². The Labute approximate surface area is 48.2 Å². The maximum absolute atomic E-state index is 10.0. The molecule has 0 unspecified atom stereocenters. The van der Waals surface area contributed by atoms with Crippen molar-refractivity contribution < 1.29 is 14.4 Å². The average Bonchev–Trinajstić information content (AvgIpc) is 1.59. The van der Waals surface area contributed by atoms with Gasteiger partial charge in [0.05, 0.1) is 6.16 Å². The molecule has 8 heavy (non-hydrogen) atoms. The van der Waals surface area contributed by atoms with E-state index in [9.17, 15) is 4.57 Å². The summed E-state index contributed by atoms with van der Waals surface area (Å²) in [5.41, 5.74) is 0. The lowest BCUT2D eigenvalue weighted by molar-refractivity contribution is 0.377.